The fraction of sp³-hybridized carbons (Fsp3) is 0.286. The first-order chi connectivity index (χ1) is 13.4. The standard InChI is InChI=1S/C15H18N2O4.C6H4O/c1-4-13-15(16-10(2)18,21-11(3)19)14(20)17(13)12-8-6-5-7-9-12;1-2-5-4-6(3-1)7-5/h5-9,13H,4H2,1-3H3,(H,16,18);1-4H. The number of esters is 1. The molecular formula is C21H22N2O5. The third-order valence-corrected chi connectivity index (χ3v) is 4.45. The molecule has 2 aromatic rings. The predicted molar refractivity (Wildman–Crippen MR) is 103 cm³/mol. The molecule has 7 nitrogen and oxygen atoms in total. The lowest BCUT2D eigenvalue weighted by Gasteiger charge is -2.53. The van der Waals surface area contributed by atoms with E-state index in [0.717, 1.165) is 11.5 Å². The van der Waals surface area contributed by atoms with Crippen LogP contribution in [0.4, 0.5) is 5.69 Å². The van der Waals surface area contributed by atoms with E-state index in [1.165, 1.54) is 13.8 Å². The highest BCUT2D eigenvalue weighted by atomic mass is 16.6. The SMILES string of the molecule is CCC1N(c2ccccc2)C(=O)C1(NC(C)=O)OC(C)=O.c1cc2cc(c1)O2. The normalized spacial score (nSPS) is 21.2. The molecule has 1 N–H and O–H groups in total. The molecule has 2 bridgehead atoms. The Balaban J connectivity index is 0.000000264. The summed E-state index contributed by atoms with van der Waals surface area (Å²) in [5.41, 5.74) is -0.884. The highest BCUT2D eigenvalue weighted by Crippen LogP contribution is 2.38. The highest BCUT2D eigenvalue weighted by molar-refractivity contribution is 6.10. The maximum absolute atomic E-state index is 12.6. The summed E-state index contributed by atoms with van der Waals surface area (Å²) in [5.74, 6) is 0.500. The Labute approximate surface area is 163 Å². The Hall–Kier alpha value is -3.35. The van der Waals surface area contributed by atoms with Crippen LogP contribution in [-0.2, 0) is 19.1 Å². The van der Waals surface area contributed by atoms with Crippen LogP contribution in [0.2, 0.25) is 0 Å². The van der Waals surface area contributed by atoms with Gasteiger partial charge in [0.25, 0.3) is 11.6 Å². The second-order valence-corrected chi connectivity index (χ2v) is 6.52. The fourth-order valence-corrected chi connectivity index (χ4v) is 3.38. The average Bonchev–Trinajstić information content (AvgIpc) is 2.65. The Morgan fingerprint density at radius 1 is 1.11 bits per heavy atom. The number of rotatable bonds is 4. The van der Waals surface area contributed by atoms with E-state index in [1.807, 2.05) is 49.4 Å². The Kier molecular flexibility index (Phi) is 5.35. The summed E-state index contributed by atoms with van der Waals surface area (Å²) in [4.78, 5) is 36.8. The summed E-state index contributed by atoms with van der Waals surface area (Å²) in [5, 5.41) is 2.50. The van der Waals surface area contributed by atoms with Crippen molar-refractivity contribution in [3.63, 3.8) is 0 Å². The van der Waals surface area contributed by atoms with Gasteiger partial charge in [-0.05, 0) is 30.7 Å². The number of nitrogens with one attached hydrogen (secondary N) is 1. The fourth-order valence-electron chi connectivity index (χ4n) is 3.38. The van der Waals surface area contributed by atoms with Gasteiger partial charge in [0.05, 0.1) is 0 Å². The maximum atomic E-state index is 12.6. The number of ether oxygens (including phenoxy) is 2. The number of benzene rings is 2. The zero-order valence-corrected chi connectivity index (χ0v) is 16.0. The molecule has 146 valence electrons. The van der Waals surface area contributed by atoms with Gasteiger partial charge in [-0.1, -0.05) is 31.2 Å². The number of carbonyl (C=O) groups excluding carboxylic acids is 3. The molecule has 2 atom stereocenters. The Morgan fingerprint density at radius 3 is 2.11 bits per heavy atom. The smallest absolute Gasteiger partial charge is 0.305 e. The summed E-state index contributed by atoms with van der Waals surface area (Å²) in [6, 6.07) is 16.5. The van der Waals surface area contributed by atoms with Gasteiger partial charge in [-0.15, -0.1) is 0 Å². The van der Waals surface area contributed by atoms with Crippen molar-refractivity contribution < 1.29 is 23.9 Å². The zero-order valence-electron chi connectivity index (χ0n) is 16.0. The molecule has 7 heteroatoms. The summed E-state index contributed by atoms with van der Waals surface area (Å²) < 4.78 is 10.2. The van der Waals surface area contributed by atoms with Crippen LogP contribution in [0.15, 0.2) is 54.6 Å². The first kappa shape index (κ1) is 19.4. The van der Waals surface area contributed by atoms with Crippen molar-refractivity contribution in [1.82, 2.24) is 5.32 Å². The van der Waals surface area contributed by atoms with Crippen LogP contribution < -0.4 is 15.0 Å². The molecule has 3 aliphatic rings. The van der Waals surface area contributed by atoms with E-state index in [4.69, 9.17) is 9.47 Å². The van der Waals surface area contributed by atoms with E-state index >= 15 is 0 Å². The Bertz CT molecular complexity index is 856. The molecule has 0 spiro atoms. The number of anilines is 1. The lowest BCUT2D eigenvalue weighted by Crippen LogP contribution is -2.81. The van der Waals surface area contributed by atoms with Gasteiger partial charge in [0, 0.05) is 25.6 Å². The van der Waals surface area contributed by atoms with Crippen LogP contribution in [0, 0.1) is 0 Å². The lowest BCUT2D eigenvalue weighted by molar-refractivity contribution is -0.185. The number of fused-ring (bicyclic) bond motifs is 2. The minimum atomic E-state index is -1.59. The summed E-state index contributed by atoms with van der Waals surface area (Å²) in [6.07, 6.45) is 0.536. The molecule has 0 aliphatic carbocycles. The number of hydrogen-bond donors (Lipinski definition) is 1. The van der Waals surface area contributed by atoms with Gasteiger partial charge in [-0.2, -0.15) is 0 Å². The van der Waals surface area contributed by atoms with Crippen LogP contribution in [-0.4, -0.2) is 29.6 Å². The molecule has 3 heterocycles. The van der Waals surface area contributed by atoms with Crippen LogP contribution >= 0.6 is 0 Å². The molecule has 5 rings (SSSR count). The molecule has 0 saturated carbocycles. The van der Waals surface area contributed by atoms with Gasteiger partial charge in [0.1, 0.15) is 17.5 Å². The van der Waals surface area contributed by atoms with E-state index < -0.39 is 29.6 Å². The predicted octanol–water partition coefficient (Wildman–Crippen LogP) is 3.00. The first-order valence-electron chi connectivity index (χ1n) is 9.02. The van der Waals surface area contributed by atoms with Gasteiger partial charge < -0.3 is 14.8 Å². The number of hydrogen-bond acceptors (Lipinski definition) is 5. The molecule has 1 saturated heterocycles. The van der Waals surface area contributed by atoms with Gasteiger partial charge in [0.2, 0.25) is 5.91 Å². The van der Waals surface area contributed by atoms with Crippen LogP contribution in [0.25, 0.3) is 0 Å². The zero-order chi connectivity index (χ0) is 20.3. The van der Waals surface area contributed by atoms with E-state index in [2.05, 4.69) is 5.32 Å². The van der Waals surface area contributed by atoms with Gasteiger partial charge in [0.15, 0.2) is 0 Å². The van der Waals surface area contributed by atoms with Crippen molar-refractivity contribution in [2.24, 2.45) is 0 Å². The van der Waals surface area contributed by atoms with E-state index in [0.29, 0.717) is 12.1 Å². The molecular weight excluding hydrogens is 360 g/mol. The third-order valence-electron chi connectivity index (χ3n) is 4.45. The largest absolute Gasteiger partial charge is 0.457 e. The quantitative estimate of drug-likeness (QED) is 0.426. The first-order valence-corrected chi connectivity index (χ1v) is 9.02. The molecule has 2 amide bonds. The molecule has 1 fully saturated rings. The summed E-state index contributed by atoms with van der Waals surface area (Å²) in [7, 11) is 0. The molecule has 28 heavy (non-hydrogen) atoms. The van der Waals surface area contributed by atoms with Crippen molar-refractivity contribution in [1.29, 1.82) is 0 Å². The van der Waals surface area contributed by atoms with E-state index in [-0.39, 0.29) is 0 Å². The maximum Gasteiger partial charge on any atom is 0.305 e. The number of nitrogens with zero attached hydrogens (tertiary/aromatic N) is 1. The average molecular weight is 382 g/mol. The van der Waals surface area contributed by atoms with Gasteiger partial charge in [-0.25, -0.2) is 0 Å². The second-order valence-electron chi connectivity index (χ2n) is 6.52. The minimum absolute atomic E-state index is 0.421. The molecule has 0 radical (unpaired) electrons. The second kappa shape index (κ2) is 7.72. The topological polar surface area (TPSA) is 84.9 Å². The molecule has 2 aromatic carbocycles. The van der Waals surface area contributed by atoms with E-state index in [1.54, 1.807) is 17.0 Å². The summed E-state index contributed by atoms with van der Waals surface area (Å²) in [6.45, 7) is 4.37. The Morgan fingerprint density at radius 2 is 1.71 bits per heavy atom. The van der Waals surface area contributed by atoms with Crippen molar-refractivity contribution in [2.45, 2.75) is 39.0 Å². The van der Waals surface area contributed by atoms with Crippen LogP contribution in [0.1, 0.15) is 27.2 Å². The number of amides is 2. The van der Waals surface area contributed by atoms with E-state index in [9.17, 15) is 14.4 Å². The van der Waals surface area contributed by atoms with Crippen LogP contribution in [0.5, 0.6) is 11.5 Å². The number of para-hydroxylation sites is 1. The highest BCUT2D eigenvalue weighted by Gasteiger charge is 2.64. The van der Waals surface area contributed by atoms with Crippen LogP contribution in [0.3, 0.4) is 0 Å². The molecule has 2 unspecified atom stereocenters. The lowest BCUT2D eigenvalue weighted by atomic mass is 9.86. The van der Waals surface area contributed by atoms with Crippen molar-refractivity contribution in [3.05, 3.63) is 54.6 Å². The minimum Gasteiger partial charge on any atom is -0.457 e. The monoisotopic (exact) mass is 382 g/mol. The summed E-state index contributed by atoms with van der Waals surface area (Å²) >= 11 is 0. The van der Waals surface area contributed by atoms with Gasteiger partial charge in [-0.3, -0.25) is 19.3 Å². The third kappa shape index (κ3) is 3.55. The number of β-lactam (4-membered cyclic amide) rings is 1. The van der Waals surface area contributed by atoms with Crippen molar-refractivity contribution >= 4 is 23.5 Å². The number of carbonyl (C=O) groups is 3. The molecule has 3 aliphatic heterocycles. The van der Waals surface area contributed by atoms with Crippen molar-refractivity contribution in [3.8, 4) is 11.5 Å². The van der Waals surface area contributed by atoms with Crippen molar-refractivity contribution in [2.75, 3.05) is 4.90 Å². The molecule has 0 aromatic heterocycles. The van der Waals surface area contributed by atoms with Gasteiger partial charge >= 0.3 is 5.97 Å².